The Morgan fingerprint density at radius 3 is 2.67 bits per heavy atom. The van der Waals surface area contributed by atoms with Gasteiger partial charge in [0.15, 0.2) is 5.65 Å². The Labute approximate surface area is 151 Å². The molecule has 4 rings (SSSR count). The predicted molar refractivity (Wildman–Crippen MR) is 94.6 cm³/mol. The molecule has 118 valence electrons. The fourth-order valence-electron chi connectivity index (χ4n) is 2.28. The molecule has 0 aliphatic heterocycles. The summed E-state index contributed by atoms with van der Waals surface area (Å²) in [5.41, 5.74) is 2.51. The number of halogens is 2. The highest BCUT2D eigenvalue weighted by atomic mass is 35.5. The lowest BCUT2D eigenvalue weighted by molar-refractivity contribution is 0.939. The van der Waals surface area contributed by atoms with Gasteiger partial charge in [-0.3, -0.25) is 0 Å². The standard InChI is InChI=1S/C16H9Cl2N5S/c17-13-8-21-14(9-20-13)24-12-4-1-3-10(15(12)18)11-7-22-23-6-2-5-19-16(11)23/h1-9H. The van der Waals surface area contributed by atoms with E-state index in [1.54, 1.807) is 23.1 Å². The Hall–Kier alpha value is -2.15. The molecule has 0 amide bonds. The molecular weight excluding hydrogens is 365 g/mol. The van der Waals surface area contributed by atoms with E-state index in [2.05, 4.69) is 20.1 Å². The molecule has 0 aliphatic rings. The molecule has 8 heteroatoms. The molecule has 0 unspecified atom stereocenters. The number of hydrogen-bond donors (Lipinski definition) is 0. The van der Waals surface area contributed by atoms with Crippen LogP contribution >= 0.6 is 35.0 Å². The third-order valence-corrected chi connectivity index (χ3v) is 5.04. The van der Waals surface area contributed by atoms with Gasteiger partial charge < -0.3 is 0 Å². The molecule has 3 heterocycles. The van der Waals surface area contributed by atoms with Crippen molar-refractivity contribution in [3.05, 3.63) is 65.4 Å². The van der Waals surface area contributed by atoms with Crippen molar-refractivity contribution < 1.29 is 0 Å². The zero-order chi connectivity index (χ0) is 16.5. The van der Waals surface area contributed by atoms with Crippen molar-refractivity contribution in [2.45, 2.75) is 9.92 Å². The predicted octanol–water partition coefficient (Wildman–Crippen LogP) is 4.64. The van der Waals surface area contributed by atoms with Gasteiger partial charge >= 0.3 is 0 Å². The van der Waals surface area contributed by atoms with Crippen molar-refractivity contribution in [2.24, 2.45) is 0 Å². The largest absolute Gasteiger partial charge is 0.245 e. The molecule has 0 spiro atoms. The number of rotatable bonds is 3. The Balaban J connectivity index is 1.77. The maximum Gasteiger partial charge on any atom is 0.162 e. The van der Waals surface area contributed by atoms with Crippen LogP contribution in [0.2, 0.25) is 10.2 Å². The number of nitrogens with zero attached hydrogens (tertiary/aromatic N) is 5. The van der Waals surface area contributed by atoms with Gasteiger partial charge in [0.2, 0.25) is 0 Å². The van der Waals surface area contributed by atoms with E-state index in [0.717, 1.165) is 26.7 Å². The van der Waals surface area contributed by atoms with Crippen LogP contribution in [0.25, 0.3) is 16.8 Å². The van der Waals surface area contributed by atoms with E-state index in [4.69, 9.17) is 23.2 Å². The summed E-state index contributed by atoms with van der Waals surface area (Å²) in [7, 11) is 0. The molecule has 3 aromatic heterocycles. The first-order valence-electron chi connectivity index (χ1n) is 6.95. The van der Waals surface area contributed by atoms with E-state index >= 15 is 0 Å². The molecular formula is C16H9Cl2N5S. The molecule has 0 aliphatic carbocycles. The molecule has 0 atom stereocenters. The molecule has 0 radical (unpaired) electrons. The number of fused-ring (bicyclic) bond motifs is 1. The quantitative estimate of drug-likeness (QED) is 0.523. The first-order chi connectivity index (χ1) is 11.7. The first kappa shape index (κ1) is 15.4. The molecule has 0 saturated heterocycles. The van der Waals surface area contributed by atoms with E-state index < -0.39 is 0 Å². The first-order valence-corrected chi connectivity index (χ1v) is 8.52. The Morgan fingerprint density at radius 1 is 0.917 bits per heavy atom. The van der Waals surface area contributed by atoms with Crippen molar-refractivity contribution in [1.29, 1.82) is 0 Å². The van der Waals surface area contributed by atoms with Crippen LogP contribution in [0.15, 0.2) is 65.2 Å². The van der Waals surface area contributed by atoms with Crippen LogP contribution in [-0.4, -0.2) is 24.6 Å². The highest BCUT2D eigenvalue weighted by molar-refractivity contribution is 7.99. The zero-order valence-electron chi connectivity index (χ0n) is 12.1. The topological polar surface area (TPSA) is 56.0 Å². The van der Waals surface area contributed by atoms with E-state index in [9.17, 15) is 0 Å². The van der Waals surface area contributed by atoms with E-state index in [1.807, 2.05) is 30.5 Å². The minimum atomic E-state index is 0.358. The molecule has 5 nitrogen and oxygen atoms in total. The molecule has 0 fully saturated rings. The lowest BCUT2D eigenvalue weighted by Gasteiger charge is -2.08. The van der Waals surface area contributed by atoms with Crippen molar-refractivity contribution in [3.63, 3.8) is 0 Å². The smallest absolute Gasteiger partial charge is 0.162 e. The maximum absolute atomic E-state index is 6.62. The summed E-state index contributed by atoms with van der Waals surface area (Å²) in [5.74, 6) is 0. The average Bonchev–Trinajstić information content (AvgIpc) is 3.03. The van der Waals surface area contributed by atoms with Gasteiger partial charge in [-0.05, 0) is 12.1 Å². The zero-order valence-corrected chi connectivity index (χ0v) is 14.4. The van der Waals surface area contributed by atoms with Gasteiger partial charge in [-0.1, -0.05) is 47.1 Å². The van der Waals surface area contributed by atoms with Crippen molar-refractivity contribution in [2.75, 3.05) is 0 Å². The van der Waals surface area contributed by atoms with Crippen LogP contribution in [0.3, 0.4) is 0 Å². The third kappa shape index (κ3) is 2.84. The summed E-state index contributed by atoms with van der Waals surface area (Å²) in [6, 6.07) is 7.66. The van der Waals surface area contributed by atoms with Gasteiger partial charge in [-0.15, -0.1) is 0 Å². The molecule has 0 saturated carbocycles. The molecule has 1 aromatic carbocycles. The lowest BCUT2D eigenvalue weighted by Crippen LogP contribution is -1.89. The minimum Gasteiger partial charge on any atom is -0.245 e. The molecule has 0 bridgehead atoms. The van der Waals surface area contributed by atoms with Crippen LogP contribution in [0.1, 0.15) is 0 Å². The SMILES string of the molecule is Clc1cnc(Sc2cccc(-c3cnn4cccnc34)c2Cl)cn1. The molecule has 0 N–H and O–H groups in total. The number of hydrogen-bond acceptors (Lipinski definition) is 5. The summed E-state index contributed by atoms with van der Waals surface area (Å²) >= 11 is 13.8. The monoisotopic (exact) mass is 373 g/mol. The second-order valence-corrected chi connectivity index (χ2v) is 6.67. The normalized spacial score (nSPS) is 11.1. The van der Waals surface area contributed by atoms with Gasteiger partial charge in [0.1, 0.15) is 10.2 Å². The van der Waals surface area contributed by atoms with Crippen LogP contribution in [0.4, 0.5) is 0 Å². The average molecular weight is 374 g/mol. The van der Waals surface area contributed by atoms with Crippen LogP contribution in [0.5, 0.6) is 0 Å². The van der Waals surface area contributed by atoms with Crippen molar-refractivity contribution in [1.82, 2.24) is 24.6 Å². The van der Waals surface area contributed by atoms with E-state index in [-0.39, 0.29) is 0 Å². The van der Waals surface area contributed by atoms with E-state index in [1.165, 1.54) is 18.0 Å². The number of aromatic nitrogens is 5. The summed E-state index contributed by atoms with van der Waals surface area (Å²) < 4.78 is 1.72. The molecule has 24 heavy (non-hydrogen) atoms. The second kappa shape index (κ2) is 6.39. The summed E-state index contributed by atoms with van der Waals surface area (Å²) in [4.78, 5) is 13.5. The minimum absolute atomic E-state index is 0.358. The summed E-state index contributed by atoms with van der Waals surface area (Å²) in [5, 5.41) is 6.01. The fraction of sp³-hybridized carbons (Fsp3) is 0. The number of benzene rings is 1. The Morgan fingerprint density at radius 2 is 1.83 bits per heavy atom. The van der Waals surface area contributed by atoms with Crippen LogP contribution in [0, 0.1) is 0 Å². The maximum atomic E-state index is 6.62. The van der Waals surface area contributed by atoms with Gasteiger partial charge in [0.25, 0.3) is 0 Å². The fourth-order valence-corrected chi connectivity index (χ4v) is 3.50. The van der Waals surface area contributed by atoms with Crippen LogP contribution in [-0.2, 0) is 0 Å². The molecule has 4 aromatic rings. The summed E-state index contributed by atoms with van der Waals surface area (Å²) in [6.45, 7) is 0. The van der Waals surface area contributed by atoms with Gasteiger partial charge in [0, 0.05) is 28.4 Å². The highest BCUT2D eigenvalue weighted by Crippen LogP contribution is 2.39. The van der Waals surface area contributed by atoms with Crippen molar-refractivity contribution >= 4 is 40.6 Å². The van der Waals surface area contributed by atoms with Gasteiger partial charge in [-0.25, -0.2) is 19.5 Å². The van der Waals surface area contributed by atoms with Gasteiger partial charge in [-0.2, -0.15) is 5.10 Å². The van der Waals surface area contributed by atoms with Crippen LogP contribution < -0.4 is 0 Å². The second-order valence-electron chi connectivity index (χ2n) is 4.84. The highest BCUT2D eigenvalue weighted by Gasteiger charge is 2.14. The van der Waals surface area contributed by atoms with E-state index in [0.29, 0.717) is 10.2 Å². The van der Waals surface area contributed by atoms with Crippen molar-refractivity contribution in [3.8, 4) is 11.1 Å². The Bertz CT molecular complexity index is 1020. The Kier molecular flexibility index (Phi) is 4.10. The summed E-state index contributed by atoms with van der Waals surface area (Å²) in [6.07, 6.45) is 8.47. The third-order valence-electron chi connectivity index (χ3n) is 3.34. The lowest BCUT2D eigenvalue weighted by atomic mass is 10.1. The van der Waals surface area contributed by atoms with Gasteiger partial charge in [0.05, 0.1) is 23.6 Å².